The number of nitrogens with one attached hydrogen (secondary N) is 3. The molecule has 0 saturated carbocycles. The maximum absolute atomic E-state index is 12.5. The van der Waals surface area contributed by atoms with Gasteiger partial charge in [0.1, 0.15) is 0 Å². The molecule has 2 aromatic carbocycles. The van der Waals surface area contributed by atoms with E-state index in [2.05, 4.69) is 20.3 Å². The SMILES string of the molecule is CC(O)c1ccc(NS(=O)(=O)c2ccc(NC(=O)NCc3cccnc3)cc2)cc1. The van der Waals surface area contributed by atoms with Crippen molar-refractivity contribution in [3.63, 3.8) is 0 Å². The number of aliphatic hydroxyl groups excluding tert-OH is 1. The minimum atomic E-state index is -3.79. The van der Waals surface area contributed by atoms with E-state index in [0.717, 1.165) is 5.56 Å². The van der Waals surface area contributed by atoms with Gasteiger partial charge in [-0.25, -0.2) is 13.2 Å². The average Bonchev–Trinajstić information content (AvgIpc) is 2.73. The Balaban J connectivity index is 1.59. The fourth-order valence-electron chi connectivity index (χ4n) is 2.62. The molecule has 0 aliphatic heterocycles. The zero-order valence-corrected chi connectivity index (χ0v) is 17.1. The topological polar surface area (TPSA) is 120 Å². The highest BCUT2D eigenvalue weighted by Crippen LogP contribution is 2.20. The van der Waals surface area contributed by atoms with Crippen molar-refractivity contribution in [1.29, 1.82) is 0 Å². The first kappa shape index (κ1) is 21.3. The number of pyridine rings is 1. The number of rotatable bonds is 7. The Kier molecular flexibility index (Phi) is 6.65. The highest BCUT2D eigenvalue weighted by molar-refractivity contribution is 7.92. The predicted molar refractivity (Wildman–Crippen MR) is 114 cm³/mol. The molecule has 3 rings (SSSR count). The normalized spacial score (nSPS) is 12.1. The van der Waals surface area contributed by atoms with Gasteiger partial charge in [0.2, 0.25) is 0 Å². The van der Waals surface area contributed by atoms with Gasteiger partial charge in [-0.15, -0.1) is 0 Å². The Bertz CT molecular complexity index is 1080. The highest BCUT2D eigenvalue weighted by atomic mass is 32.2. The summed E-state index contributed by atoms with van der Waals surface area (Å²) in [5.74, 6) is 0. The third-order valence-corrected chi connectivity index (χ3v) is 5.64. The molecule has 3 aromatic rings. The van der Waals surface area contributed by atoms with Crippen LogP contribution in [-0.4, -0.2) is 24.5 Å². The Labute approximate surface area is 175 Å². The quantitative estimate of drug-likeness (QED) is 0.462. The first-order chi connectivity index (χ1) is 14.3. The predicted octanol–water partition coefficient (Wildman–Crippen LogP) is 3.26. The minimum absolute atomic E-state index is 0.0587. The van der Waals surface area contributed by atoms with Crippen molar-refractivity contribution < 1.29 is 18.3 Å². The summed E-state index contributed by atoms with van der Waals surface area (Å²) in [5, 5.41) is 14.9. The van der Waals surface area contributed by atoms with E-state index in [1.54, 1.807) is 49.6 Å². The number of amides is 2. The molecule has 30 heavy (non-hydrogen) atoms. The number of anilines is 2. The summed E-state index contributed by atoms with van der Waals surface area (Å²) in [4.78, 5) is 16.0. The molecule has 2 amide bonds. The first-order valence-electron chi connectivity index (χ1n) is 9.18. The van der Waals surface area contributed by atoms with E-state index in [4.69, 9.17) is 0 Å². The van der Waals surface area contributed by atoms with Crippen LogP contribution in [-0.2, 0) is 16.6 Å². The molecule has 156 valence electrons. The van der Waals surface area contributed by atoms with Gasteiger partial charge < -0.3 is 15.7 Å². The molecule has 0 fully saturated rings. The lowest BCUT2D eigenvalue weighted by molar-refractivity contribution is 0.199. The van der Waals surface area contributed by atoms with Crippen LogP contribution in [0, 0.1) is 0 Å². The van der Waals surface area contributed by atoms with Crippen molar-refractivity contribution in [2.24, 2.45) is 0 Å². The molecule has 1 heterocycles. The summed E-state index contributed by atoms with van der Waals surface area (Å²) in [6.07, 6.45) is 2.68. The number of hydrogen-bond donors (Lipinski definition) is 4. The third kappa shape index (κ3) is 5.79. The van der Waals surface area contributed by atoms with Gasteiger partial charge in [-0.05, 0) is 60.5 Å². The Hall–Kier alpha value is -3.43. The van der Waals surface area contributed by atoms with Crippen LogP contribution in [0.4, 0.5) is 16.2 Å². The molecule has 1 unspecified atom stereocenters. The molecule has 1 aromatic heterocycles. The second-order valence-electron chi connectivity index (χ2n) is 6.60. The number of aliphatic hydroxyl groups is 1. The summed E-state index contributed by atoms with van der Waals surface area (Å²) >= 11 is 0. The Morgan fingerprint density at radius 2 is 1.70 bits per heavy atom. The Morgan fingerprint density at radius 3 is 2.30 bits per heavy atom. The molecule has 4 N–H and O–H groups in total. The highest BCUT2D eigenvalue weighted by Gasteiger charge is 2.14. The number of benzene rings is 2. The fourth-order valence-corrected chi connectivity index (χ4v) is 3.68. The largest absolute Gasteiger partial charge is 0.389 e. The van der Waals surface area contributed by atoms with Crippen LogP contribution in [0.5, 0.6) is 0 Å². The number of hydrogen-bond acceptors (Lipinski definition) is 5. The van der Waals surface area contributed by atoms with E-state index in [0.29, 0.717) is 23.5 Å². The van der Waals surface area contributed by atoms with Crippen molar-refractivity contribution in [2.45, 2.75) is 24.5 Å². The third-order valence-electron chi connectivity index (χ3n) is 4.24. The summed E-state index contributed by atoms with van der Waals surface area (Å²) in [6.45, 7) is 1.96. The van der Waals surface area contributed by atoms with E-state index in [1.807, 2.05) is 6.07 Å². The molecule has 8 nitrogen and oxygen atoms in total. The fraction of sp³-hybridized carbons (Fsp3) is 0.143. The summed E-state index contributed by atoms with van der Waals surface area (Å²) in [7, 11) is -3.79. The van der Waals surface area contributed by atoms with Gasteiger partial charge in [0, 0.05) is 30.3 Å². The first-order valence-corrected chi connectivity index (χ1v) is 10.7. The zero-order valence-electron chi connectivity index (χ0n) is 16.2. The number of aromatic nitrogens is 1. The number of carbonyl (C=O) groups is 1. The molecule has 0 aliphatic rings. The molecule has 0 radical (unpaired) electrons. The van der Waals surface area contributed by atoms with Gasteiger partial charge in [0.25, 0.3) is 10.0 Å². The molecule has 0 aliphatic carbocycles. The van der Waals surface area contributed by atoms with Crippen LogP contribution in [0.1, 0.15) is 24.2 Å². The molecule has 1 atom stereocenters. The van der Waals surface area contributed by atoms with Crippen molar-refractivity contribution in [3.05, 3.63) is 84.2 Å². The summed E-state index contributed by atoms with van der Waals surface area (Å²) in [6, 6.07) is 15.5. The van der Waals surface area contributed by atoms with E-state index in [-0.39, 0.29) is 4.90 Å². The van der Waals surface area contributed by atoms with Crippen molar-refractivity contribution in [1.82, 2.24) is 10.3 Å². The maximum Gasteiger partial charge on any atom is 0.319 e. The minimum Gasteiger partial charge on any atom is -0.389 e. The molecule has 9 heteroatoms. The van der Waals surface area contributed by atoms with E-state index >= 15 is 0 Å². The van der Waals surface area contributed by atoms with Crippen molar-refractivity contribution in [3.8, 4) is 0 Å². The van der Waals surface area contributed by atoms with Crippen LogP contribution in [0.25, 0.3) is 0 Å². The number of carbonyl (C=O) groups excluding carboxylic acids is 1. The Morgan fingerprint density at radius 1 is 1.03 bits per heavy atom. The van der Waals surface area contributed by atoms with Crippen molar-refractivity contribution in [2.75, 3.05) is 10.0 Å². The number of nitrogens with zero attached hydrogens (tertiary/aromatic N) is 1. The molecule has 0 spiro atoms. The smallest absolute Gasteiger partial charge is 0.319 e. The summed E-state index contributed by atoms with van der Waals surface area (Å²) in [5.41, 5.74) is 2.40. The van der Waals surface area contributed by atoms with Gasteiger partial charge in [-0.3, -0.25) is 9.71 Å². The molecule has 0 saturated heterocycles. The van der Waals surface area contributed by atoms with Gasteiger partial charge in [0.05, 0.1) is 11.0 Å². The second kappa shape index (κ2) is 9.38. The van der Waals surface area contributed by atoms with Gasteiger partial charge >= 0.3 is 6.03 Å². The van der Waals surface area contributed by atoms with E-state index < -0.39 is 22.2 Å². The molecule has 0 bridgehead atoms. The monoisotopic (exact) mass is 426 g/mol. The van der Waals surface area contributed by atoms with Gasteiger partial charge in [-0.1, -0.05) is 18.2 Å². The lowest BCUT2D eigenvalue weighted by Gasteiger charge is -2.11. The summed E-state index contributed by atoms with van der Waals surface area (Å²) < 4.78 is 27.6. The lowest BCUT2D eigenvalue weighted by atomic mass is 10.1. The van der Waals surface area contributed by atoms with Gasteiger partial charge in [-0.2, -0.15) is 0 Å². The lowest BCUT2D eigenvalue weighted by Crippen LogP contribution is -2.28. The molecular formula is C21H22N4O4S. The van der Waals surface area contributed by atoms with Crippen LogP contribution in [0.2, 0.25) is 0 Å². The zero-order chi connectivity index (χ0) is 21.6. The standard InChI is InChI=1S/C21H22N4O4S/c1-15(26)17-4-6-19(7-5-17)25-30(28,29)20-10-8-18(9-11-20)24-21(27)23-14-16-3-2-12-22-13-16/h2-13,15,25-26H,14H2,1H3,(H2,23,24,27). The van der Waals surface area contributed by atoms with Crippen LogP contribution in [0.3, 0.4) is 0 Å². The number of urea groups is 1. The van der Waals surface area contributed by atoms with E-state index in [1.165, 1.54) is 24.3 Å². The number of sulfonamides is 1. The van der Waals surface area contributed by atoms with Crippen molar-refractivity contribution >= 4 is 27.4 Å². The van der Waals surface area contributed by atoms with Crippen LogP contribution >= 0.6 is 0 Å². The molecular weight excluding hydrogens is 404 g/mol. The van der Waals surface area contributed by atoms with Gasteiger partial charge in [0.15, 0.2) is 0 Å². The van der Waals surface area contributed by atoms with E-state index in [9.17, 15) is 18.3 Å². The average molecular weight is 426 g/mol. The maximum atomic E-state index is 12.5. The van der Waals surface area contributed by atoms with Crippen LogP contribution in [0.15, 0.2) is 78.0 Å². The van der Waals surface area contributed by atoms with Crippen LogP contribution < -0.4 is 15.4 Å². The second-order valence-corrected chi connectivity index (χ2v) is 8.28.